The van der Waals surface area contributed by atoms with E-state index in [9.17, 15) is 9.59 Å². The summed E-state index contributed by atoms with van der Waals surface area (Å²) in [7, 11) is 1.55. The Hall–Kier alpha value is -2.79. The average molecular weight is 558 g/mol. The van der Waals surface area contributed by atoms with Gasteiger partial charge in [-0.25, -0.2) is 9.59 Å². The Morgan fingerprint density at radius 3 is 2.58 bits per heavy atom. The Kier molecular flexibility index (Phi) is 12.2. The summed E-state index contributed by atoms with van der Waals surface area (Å²) >= 11 is 3.20. The summed E-state index contributed by atoms with van der Waals surface area (Å²) in [6.45, 7) is 4.94. The Morgan fingerprint density at radius 1 is 1.08 bits per heavy atom. The van der Waals surface area contributed by atoms with Crippen LogP contribution in [0.15, 0.2) is 76.2 Å². The van der Waals surface area contributed by atoms with Crippen LogP contribution in [0.25, 0.3) is 0 Å². The lowest BCUT2D eigenvalue weighted by Gasteiger charge is -2.32. The highest BCUT2D eigenvalue weighted by molar-refractivity contribution is 7.99. The Morgan fingerprint density at radius 2 is 1.87 bits per heavy atom. The molecule has 1 aliphatic heterocycles. The van der Waals surface area contributed by atoms with Crippen LogP contribution < -0.4 is 10.6 Å². The molecule has 2 heterocycles. The summed E-state index contributed by atoms with van der Waals surface area (Å²) in [4.78, 5) is 31.9. The zero-order valence-electron chi connectivity index (χ0n) is 22.2. The minimum atomic E-state index is -0.632. The third kappa shape index (κ3) is 7.86. The number of hydrogen-bond acceptors (Lipinski definition) is 10. The molecule has 1 aromatic heterocycles. The first-order valence-corrected chi connectivity index (χ1v) is 14.7. The number of carbonyl (C=O) groups is 2. The summed E-state index contributed by atoms with van der Waals surface area (Å²) in [5.41, 5.74) is 4.16. The van der Waals surface area contributed by atoms with Crippen LogP contribution >= 0.6 is 23.5 Å². The van der Waals surface area contributed by atoms with E-state index in [0.29, 0.717) is 35.0 Å². The van der Waals surface area contributed by atoms with Crippen LogP contribution in [0.3, 0.4) is 0 Å². The number of allylic oxidation sites excluding steroid dienone is 1. The third-order valence-corrected chi connectivity index (χ3v) is 7.55. The van der Waals surface area contributed by atoms with Crippen LogP contribution in [-0.2, 0) is 30.3 Å². The second-order valence-corrected chi connectivity index (χ2v) is 10.2. The van der Waals surface area contributed by atoms with Gasteiger partial charge in [0, 0.05) is 54.0 Å². The van der Waals surface area contributed by atoms with E-state index in [1.54, 1.807) is 43.8 Å². The van der Waals surface area contributed by atoms with Gasteiger partial charge in [-0.05, 0) is 43.4 Å². The second-order valence-electron chi connectivity index (χ2n) is 8.36. The van der Waals surface area contributed by atoms with Crippen molar-refractivity contribution >= 4 is 35.5 Å². The number of benzene rings is 1. The number of ether oxygens (including phenoxy) is 3. The number of aromatic nitrogens is 1. The molecule has 3 rings (SSSR count). The molecule has 10 heteroatoms. The molecule has 0 fully saturated rings. The molecular formula is C28H35N3O5S2. The summed E-state index contributed by atoms with van der Waals surface area (Å²) in [5.74, 6) is -0.381. The van der Waals surface area contributed by atoms with E-state index < -0.39 is 17.9 Å². The molecule has 0 spiro atoms. The fraction of sp³-hybridized carbons (Fsp3) is 0.393. The van der Waals surface area contributed by atoms with E-state index in [2.05, 4.69) is 15.6 Å². The SMILES string of the molecule is CCOC(=O)C1=C(CSCNCc2cccnc2)NC(C)=C(C(=O)OCCOC)C1c1ccccc1SC. The standard InChI is InChI=1S/C28H35N3O5S2/c1-5-35-28(33)26-22(17-38-18-30-16-20-9-8-12-29-15-20)31-19(2)24(27(32)36-14-13-34-3)25(26)21-10-6-7-11-23(21)37-4/h6-12,15,25,30-31H,5,13-14,16-18H2,1-4H3. The summed E-state index contributed by atoms with van der Waals surface area (Å²) in [5, 5.41) is 6.73. The molecule has 2 N–H and O–H groups in total. The molecule has 2 aromatic rings. The van der Waals surface area contributed by atoms with Gasteiger partial charge in [0.25, 0.3) is 0 Å². The van der Waals surface area contributed by atoms with Gasteiger partial charge < -0.3 is 24.8 Å². The number of carbonyl (C=O) groups excluding carboxylic acids is 2. The molecule has 0 bridgehead atoms. The van der Waals surface area contributed by atoms with Crippen molar-refractivity contribution in [2.75, 3.05) is 44.8 Å². The Labute approximate surface area is 233 Å². The van der Waals surface area contributed by atoms with Gasteiger partial charge in [0.05, 0.1) is 30.3 Å². The summed E-state index contributed by atoms with van der Waals surface area (Å²) in [6.07, 6.45) is 5.56. The number of pyridine rings is 1. The van der Waals surface area contributed by atoms with E-state index in [-0.39, 0.29) is 19.8 Å². The van der Waals surface area contributed by atoms with Crippen LogP contribution in [0.5, 0.6) is 0 Å². The van der Waals surface area contributed by atoms with Gasteiger partial charge >= 0.3 is 11.9 Å². The molecule has 1 aliphatic rings. The number of dihydropyridines is 1. The van der Waals surface area contributed by atoms with Crippen molar-refractivity contribution in [3.05, 3.63) is 82.5 Å². The van der Waals surface area contributed by atoms with Gasteiger partial charge in [0.2, 0.25) is 0 Å². The van der Waals surface area contributed by atoms with Crippen LogP contribution in [0, 0.1) is 0 Å². The highest BCUT2D eigenvalue weighted by Crippen LogP contribution is 2.43. The molecule has 38 heavy (non-hydrogen) atoms. The summed E-state index contributed by atoms with van der Waals surface area (Å²) in [6, 6.07) is 11.7. The molecule has 1 unspecified atom stereocenters. The number of thioether (sulfide) groups is 2. The van der Waals surface area contributed by atoms with E-state index in [4.69, 9.17) is 14.2 Å². The fourth-order valence-corrected chi connectivity index (χ4v) is 5.58. The van der Waals surface area contributed by atoms with E-state index >= 15 is 0 Å². The largest absolute Gasteiger partial charge is 0.463 e. The molecule has 0 amide bonds. The maximum Gasteiger partial charge on any atom is 0.336 e. The van der Waals surface area contributed by atoms with Gasteiger partial charge in [0.15, 0.2) is 0 Å². The molecule has 204 valence electrons. The lowest BCUT2D eigenvalue weighted by Crippen LogP contribution is -2.34. The average Bonchev–Trinajstić information content (AvgIpc) is 2.93. The zero-order chi connectivity index (χ0) is 27.3. The third-order valence-electron chi connectivity index (χ3n) is 5.83. The quantitative estimate of drug-likeness (QED) is 0.152. The van der Waals surface area contributed by atoms with Crippen molar-refractivity contribution in [2.24, 2.45) is 0 Å². The molecular weight excluding hydrogens is 522 g/mol. The van der Waals surface area contributed by atoms with Crippen LogP contribution in [-0.4, -0.2) is 61.7 Å². The predicted octanol–water partition coefficient (Wildman–Crippen LogP) is 4.25. The number of nitrogens with zero attached hydrogens (tertiary/aromatic N) is 1. The first-order valence-electron chi connectivity index (χ1n) is 12.4. The molecule has 1 atom stereocenters. The van der Waals surface area contributed by atoms with Crippen LogP contribution in [0.4, 0.5) is 0 Å². The fourth-order valence-electron chi connectivity index (χ4n) is 4.17. The Balaban J connectivity index is 1.94. The lowest BCUT2D eigenvalue weighted by molar-refractivity contribution is -0.140. The van der Waals surface area contributed by atoms with Crippen molar-refractivity contribution in [2.45, 2.75) is 31.2 Å². The number of nitrogens with one attached hydrogen (secondary N) is 2. The summed E-state index contributed by atoms with van der Waals surface area (Å²) < 4.78 is 16.1. The number of rotatable bonds is 14. The molecule has 0 aliphatic carbocycles. The zero-order valence-corrected chi connectivity index (χ0v) is 23.9. The monoisotopic (exact) mass is 557 g/mol. The van der Waals surface area contributed by atoms with Crippen molar-refractivity contribution < 1.29 is 23.8 Å². The van der Waals surface area contributed by atoms with E-state index in [1.807, 2.05) is 55.8 Å². The van der Waals surface area contributed by atoms with Gasteiger partial charge in [0.1, 0.15) is 6.61 Å². The van der Waals surface area contributed by atoms with Crippen molar-refractivity contribution in [1.82, 2.24) is 15.6 Å². The Bertz CT molecular complexity index is 1150. The van der Waals surface area contributed by atoms with Crippen molar-refractivity contribution in [1.29, 1.82) is 0 Å². The molecule has 0 radical (unpaired) electrons. The highest BCUT2D eigenvalue weighted by Gasteiger charge is 2.39. The first kappa shape index (κ1) is 29.8. The van der Waals surface area contributed by atoms with E-state index in [0.717, 1.165) is 21.7 Å². The highest BCUT2D eigenvalue weighted by atomic mass is 32.2. The van der Waals surface area contributed by atoms with Crippen molar-refractivity contribution in [3.63, 3.8) is 0 Å². The van der Waals surface area contributed by atoms with Gasteiger partial charge in [-0.3, -0.25) is 4.98 Å². The molecule has 0 saturated carbocycles. The maximum atomic E-state index is 13.4. The van der Waals surface area contributed by atoms with Crippen LogP contribution in [0.2, 0.25) is 0 Å². The minimum Gasteiger partial charge on any atom is -0.463 e. The number of hydrogen-bond donors (Lipinski definition) is 2. The van der Waals surface area contributed by atoms with Gasteiger partial charge in [-0.15, -0.1) is 23.5 Å². The molecule has 8 nitrogen and oxygen atoms in total. The van der Waals surface area contributed by atoms with E-state index in [1.165, 1.54) is 0 Å². The normalized spacial score (nSPS) is 15.3. The molecule has 1 aromatic carbocycles. The van der Waals surface area contributed by atoms with Gasteiger partial charge in [-0.1, -0.05) is 24.3 Å². The van der Waals surface area contributed by atoms with Gasteiger partial charge in [-0.2, -0.15) is 0 Å². The predicted molar refractivity (Wildman–Crippen MR) is 152 cm³/mol. The maximum absolute atomic E-state index is 13.4. The van der Waals surface area contributed by atoms with Crippen molar-refractivity contribution in [3.8, 4) is 0 Å². The number of methoxy groups -OCH3 is 1. The number of esters is 2. The topological polar surface area (TPSA) is 98.8 Å². The lowest BCUT2D eigenvalue weighted by atomic mass is 9.80. The molecule has 0 saturated heterocycles. The second kappa shape index (κ2) is 15.6. The first-order chi connectivity index (χ1) is 18.5. The van der Waals surface area contributed by atoms with Crippen LogP contribution in [0.1, 0.15) is 30.9 Å². The smallest absolute Gasteiger partial charge is 0.336 e. The minimum absolute atomic E-state index is 0.118.